The Morgan fingerprint density at radius 2 is 1.69 bits per heavy atom. The van der Waals surface area contributed by atoms with Crippen LogP contribution in [0.2, 0.25) is 5.15 Å². The molecule has 5 rings (SSSR count). The fourth-order valence-corrected chi connectivity index (χ4v) is 8.19. The molecule has 7 nitrogen and oxygen atoms in total. The molecule has 0 radical (unpaired) electrons. The van der Waals surface area contributed by atoms with Crippen LogP contribution >= 0.6 is 11.6 Å². The molecule has 2 aliphatic heterocycles. The summed E-state index contributed by atoms with van der Waals surface area (Å²) in [5.74, 6) is 0.603. The van der Waals surface area contributed by atoms with E-state index in [1.807, 2.05) is 13.8 Å². The number of urea groups is 1. The van der Waals surface area contributed by atoms with Gasteiger partial charge in [0.05, 0.1) is 17.3 Å². The highest BCUT2D eigenvalue weighted by Crippen LogP contribution is 2.38. The molecule has 0 aromatic carbocycles. The molecule has 2 saturated carbocycles. The zero-order valence-electron chi connectivity index (χ0n) is 24.3. The van der Waals surface area contributed by atoms with Crippen molar-refractivity contribution in [3.05, 3.63) is 28.0 Å². The molecule has 2 unspecified atom stereocenters. The van der Waals surface area contributed by atoms with Gasteiger partial charge in [0.25, 0.3) is 5.91 Å². The first kappa shape index (κ1) is 28.7. The van der Waals surface area contributed by atoms with Crippen LogP contribution in [0.3, 0.4) is 0 Å². The Bertz CT molecular complexity index is 991. The van der Waals surface area contributed by atoms with Crippen LogP contribution in [0.4, 0.5) is 4.79 Å². The van der Waals surface area contributed by atoms with E-state index in [9.17, 15) is 9.59 Å². The lowest BCUT2D eigenvalue weighted by Crippen LogP contribution is -2.52. The fourth-order valence-electron chi connectivity index (χ4n) is 7.90. The standard InChI is InChI=1S/C31H48ClN5O2/c1-21-19-28(32)34-23(3)29(21)30(38)33-16-13-22(2)35-17-14-26(15-18-35)37-27(24-9-5-4-6-10-24)20-36(31(37)39)25-11-7-8-12-25/h19,22,24-27H,4-18,20H2,1-3H3,(H,33,38). The van der Waals surface area contributed by atoms with Crippen LogP contribution in [0, 0.1) is 19.8 Å². The lowest BCUT2D eigenvalue weighted by molar-refractivity contribution is 0.0731. The molecule has 8 heteroatoms. The molecule has 1 aromatic heterocycles. The highest BCUT2D eigenvalue weighted by Gasteiger charge is 2.47. The van der Waals surface area contributed by atoms with Crippen molar-refractivity contribution in [2.45, 2.75) is 122 Å². The van der Waals surface area contributed by atoms with Crippen LogP contribution in [0.15, 0.2) is 6.07 Å². The van der Waals surface area contributed by atoms with Gasteiger partial charge in [0.1, 0.15) is 5.15 Å². The predicted molar refractivity (Wildman–Crippen MR) is 156 cm³/mol. The number of piperidine rings is 1. The van der Waals surface area contributed by atoms with Crippen molar-refractivity contribution in [1.82, 2.24) is 25.0 Å². The average molecular weight is 558 g/mol. The number of hydrogen-bond acceptors (Lipinski definition) is 4. The largest absolute Gasteiger partial charge is 0.352 e. The number of likely N-dealkylation sites (tertiary alicyclic amines) is 1. The maximum Gasteiger partial charge on any atom is 0.320 e. The number of aryl methyl sites for hydroxylation is 2. The molecule has 0 bridgehead atoms. The number of nitrogens with zero attached hydrogens (tertiary/aromatic N) is 4. The summed E-state index contributed by atoms with van der Waals surface area (Å²) in [6.45, 7) is 9.63. The number of aromatic nitrogens is 1. The lowest BCUT2D eigenvalue weighted by atomic mass is 9.82. The van der Waals surface area contributed by atoms with Crippen molar-refractivity contribution in [2.24, 2.45) is 5.92 Å². The number of carbonyl (C=O) groups excluding carboxylic acids is 2. The number of hydrogen-bond donors (Lipinski definition) is 1. The highest BCUT2D eigenvalue weighted by atomic mass is 35.5. The Balaban J connectivity index is 1.14. The van der Waals surface area contributed by atoms with Gasteiger partial charge in [-0.3, -0.25) is 4.79 Å². The van der Waals surface area contributed by atoms with Crippen LogP contribution in [-0.4, -0.2) is 82.0 Å². The zero-order chi connectivity index (χ0) is 27.5. The summed E-state index contributed by atoms with van der Waals surface area (Å²) in [6.07, 6.45) is 14.5. The third-order valence-electron chi connectivity index (χ3n) is 10.1. The second-order valence-electron chi connectivity index (χ2n) is 12.6. The maximum absolute atomic E-state index is 13.8. The van der Waals surface area contributed by atoms with Gasteiger partial charge in [-0.25, -0.2) is 9.78 Å². The average Bonchev–Trinajstić information content (AvgIpc) is 3.56. The Kier molecular flexibility index (Phi) is 9.38. The Hall–Kier alpha value is -1.86. The van der Waals surface area contributed by atoms with Gasteiger partial charge in [-0.15, -0.1) is 0 Å². The van der Waals surface area contributed by atoms with Gasteiger partial charge >= 0.3 is 6.03 Å². The molecule has 216 valence electrons. The summed E-state index contributed by atoms with van der Waals surface area (Å²) < 4.78 is 0. The third kappa shape index (κ3) is 6.40. The summed E-state index contributed by atoms with van der Waals surface area (Å²) in [5, 5.41) is 3.52. The zero-order valence-corrected chi connectivity index (χ0v) is 25.0. The van der Waals surface area contributed by atoms with Gasteiger partial charge in [-0.1, -0.05) is 43.7 Å². The van der Waals surface area contributed by atoms with Crippen LogP contribution in [0.25, 0.3) is 0 Å². The molecular weight excluding hydrogens is 510 g/mol. The summed E-state index contributed by atoms with van der Waals surface area (Å²) in [7, 11) is 0. The molecular formula is C31H48ClN5O2. The van der Waals surface area contributed by atoms with Crippen LogP contribution in [0.1, 0.15) is 106 Å². The second kappa shape index (κ2) is 12.8. The van der Waals surface area contributed by atoms with Crippen molar-refractivity contribution in [3.8, 4) is 0 Å². The summed E-state index contributed by atoms with van der Waals surface area (Å²) in [6, 6.07) is 3.72. The van der Waals surface area contributed by atoms with Crippen LogP contribution < -0.4 is 5.32 Å². The van der Waals surface area contributed by atoms with Crippen LogP contribution in [-0.2, 0) is 0 Å². The van der Waals surface area contributed by atoms with Gasteiger partial charge in [-0.2, -0.15) is 0 Å². The minimum atomic E-state index is -0.0757. The van der Waals surface area contributed by atoms with E-state index >= 15 is 0 Å². The number of halogens is 1. The van der Waals surface area contributed by atoms with Crippen molar-refractivity contribution < 1.29 is 9.59 Å². The van der Waals surface area contributed by atoms with E-state index < -0.39 is 0 Å². The Labute approximate surface area is 240 Å². The molecule has 2 atom stereocenters. The molecule has 4 aliphatic rings. The monoisotopic (exact) mass is 557 g/mol. The summed E-state index contributed by atoms with van der Waals surface area (Å²) >= 11 is 6.03. The molecule has 3 heterocycles. The first-order valence-electron chi connectivity index (χ1n) is 15.6. The van der Waals surface area contributed by atoms with Crippen molar-refractivity contribution in [2.75, 3.05) is 26.2 Å². The van der Waals surface area contributed by atoms with Gasteiger partial charge < -0.3 is 20.0 Å². The summed E-state index contributed by atoms with van der Waals surface area (Å²) in [5.41, 5.74) is 2.15. The number of nitrogens with one attached hydrogen (secondary N) is 1. The van der Waals surface area contributed by atoms with E-state index in [2.05, 4.69) is 31.9 Å². The predicted octanol–water partition coefficient (Wildman–Crippen LogP) is 5.95. The van der Waals surface area contributed by atoms with Gasteiger partial charge in [0.15, 0.2) is 0 Å². The molecule has 1 aromatic rings. The second-order valence-corrected chi connectivity index (χ2v) is 13.0. The number of carbonyl (C=O) groups is 2. The van der Waals surface area contributed by atoms with Crippen molar-refractivity contribution >= 4 is 23.5 Å². The minimum absolute atomic E-state index is 0.0757. The molecule has 2 saturated heterocycles. The lowest BCUT2D eigenvalue weighted by Gasteiger charge is -2.43. The van der Waals surface area contributed by atoms with Gasteiger partial charge in [-0.05, 0) is 83.3 Å². The number of rotatable bonds is 8. The number of amides is 3. The third-order valence-corrected chi connectivity index (χ3v) is 10.3. The van der Waals surface area contributed by atoms with E-state index in [1.54, 1.807) is 6.07 Å². The SMILES string of the molecule is Cc1cc(Cl)nc(C)c1C(=O)NCCC(C)N1CCC(N2C(=O)N(C3CCCC3)CC2C2CCCCC2)CC1. The van der Waals surface area contributed by atoms with E-state index in [1.165, 1.54) is 57.8 Å². The molecule has 2 aliphatic carbocycles. The van der Waals surface area contributed by atoms with Gasteiger partial charge in [0.2, 0.25) is 0 Å². The maximum atomic E-state index is 13.8. The molecule has 1 N–H and O–H groups in total. The normalized spacial score (nSPS) is 25.0. The molecule has 3 amide bonds. The molecule has 39 heavy (non-hydrogen) atoms. The Morgan fingerprint density at radius 3 is 2.36 bits per heavy atom. The quantitative estimate of drug-likeness (QED) is 0.401. The van der Waals surface area contributed by atoms with E-state index in [0.29, 0.717) is 59.1 Å². The first-order chi connectivity index (χ1) is 18.8. The van der Waals surface area contributed by atoms with Crippen molar-refractivity contribution in [1.29, 1.82) is 0 Å². The van der Waals surface area contributed by atoms with Crippen LogP contribution in [0.5, 0.6) is 0 Å². The highest BCUT2D eigenvalue weighted by molar-refractivity contribution is 6.29. The first-order valence-corrected chi connectivity index (χ1v) is 16.0. The van der Waals surface area contributed by atoms with E-state index in [-0.39, 0.29) is 5.91 Å². The van der Waals surface area contributed by atoms with Crippen molar-refractivity contribution in [3.63, 3.8) is 0 Å². The van der Waals surface area contributed by atoms with E-state index in [0.717, 1.165) is 44.5 Å². The molecule has 0 spiro atoms. The Morgan fingerprint density at radius 1 is 1.03 bits per heavy atom. The summed E-state index contributed by atoms with van der Waals surface area (Å²) in [4.78, 5) is 38.1. The number of pyridine rings is 1. The smallest absolute Gasteiger partial charge is 0.320 e. The fraction of sp³-hybridized carbons (Fsp3) is 0.774. The van der Waals surface area contributed by atoms with E-state index in [4.69, 9.17) is 11.6 Å². The topological polar surface area (TPSA) is 68.8 Å². The van der Waals surface area contributed by atoms with Gasteiger partial charge in [0, 0.05) is 44.3 Å². The molecule has 4 fully saturated rings. The minimum Gasteiger partial charge on any atom is -0.352 e.